The van der Waals surface area contributed by atoms with Crippen molar-refractivity contribution in [3.05, 3.63) is 55.7 Å². The Morgan fingerprint density at radius 3 is 2.70 bits per heavy atom. The van der Waals surface area contributed by atoms with Crippen LogP contribution in [0.25, 0.3) is 0 Å². The van der Waals surface area contributed by atoms with Crippen molar-refractivity contribution >= 4 is 27.3 Å². The number of rotatable bonds is 4. The highest BCUT2D eigenvalue weighted by molar-refractivity contribution is 9.11. The minimum atomic E-state index is 0.406. The van der Waals surface area contributed by atoms with E-state index in [0.717, 1.165) is 6.54 Å². The summed E-state index contributed by atoms with van der Waals surface area (Å²) in [5.74, 6) is 0. The minimum Gasteiger partial charge on any atom is -0.305 e. The number of halogens is 1. The average Bonchev–Trinajstić information content (AvgIpc) is 2.90. The monoisotopic (exact) mass is 349 g/mol. The highest BCUT2D eigenvalue weighted by Crippen LogP contribution is 2.26. The fraction of sp³-hybridized carbons (Fsp3) is 0.412. The highest BCUT2D eigenvalue weighted by Gasteiger charge is 2.12. The van der Waals surface area contributed by atoms with Crippen LogP contribution in [0.4, 0.5) is 0 Å². The number of hydrogen-bond acceptors (Lipinski definition) is 2. The molecule has 3 rings (SSSR count). The zero-order valence-corrected chi connectivity index (χ0v) is 14.2. The van der Waals surface area contributed by atoms with E-state index in [2.05, 4.69) is 58.5 Å². The number of hydrogen-bond donors (Lipinski definition) is 1. The molecule has 0 spiro atoms. The lowest BCUT2D eigenvalue weighted by Gasteiger charge is -2.20. The van der Waals surface area contributed by atoms with Crippen LogP contribution in [0.2, 0.25) is 0 Å². The van der Waals surface area contributed by atoms with Crippen LogP contribution in [0.5, 0.6) is 0 Å². The lowest BCUT2D eigenvalue weighted by Crippen LogP contribution is -2.18. The Kier molecular flexibility index (Phi) is 4.59. The first-order chi connectivity index (χ1) is 9.72. The summed E-state index contributed by atoms with van der Waals surface area (Å²) in [5, 5.41) is 3.62. The molecule has 1 aromatic heterocycles. The molecule has 1 aliphatic rings. The van der Waals surface area contributed by atoms with Crippen LogP contribution in [0, 0.1) is 0 Å². The third-order valence-corrected chi connectivity index (χ3v) is 5.71. The Labute approximate surface area is 133 Å². The first kappa shape index (κ1) is 14.3. The molecule has 0 aliphatic heterocycles. The molecule has 0 amide bonds. The van der Waals surface area contributed by atoms with Crippen LogP contribution >= 0.6 is 27.3 Å². The molecule has 1 aliphatic carbocycles. The summed E-state index contributed by atoms with van der Waals surface area (Å²) in [4.78, 5) is 1.38. The van der Waals surface area contributed by atoms with Crippen molar-refractivity contribution in [3.8, 4) is 0 Å². The normalized spacial score (nSPS) is 15.9. The third kappa shape index (κ3) is 3.33. The lowest BCUT2D eigenvalue weighted by atomic mass is 9.89. The number of aryl methyl sites for hydroxylation is 2. The van der Waals surface area contributed by atoms with Gasteiger partial charge in [-0.3, -0.25) is 0 Å². The van der Waals surface area contributed by atoms with Crippen LogP contribution in [-0.2, 0) is 19.4 Å². The molecule has 2 aromatic rings. The van der Waals surface area contributed by atoms with Gasteiger partial charge in [0.05, 0.1) is 3.79 Å². The van der Waals surface area contributed by atoms with E-state index in [9.17, 15) is 0 Å². The molecule has 0 radical (unpaired) electrons. The summed E-state index contributed by atoms with van der Waals surface area (Å²) in [7, 11) is 0. The maximum absolute atomic E-state index is 3.62. The van der Waals surface area contributed by atoms with E-state index in [-0.39, 0.29) is 0 Å². The minimum absolute atomic E-state index is 0.406. The van der Waals surface area contributed by atoms with Crippen LogP contribution < -0.4 is 5.32 Å². The van der Waals surface area contributed by atoms with E-state index < -0.39 is 0 Å². The number of nitrogens with one attached hydrogen (secondary N) is 1. The summed E-state index contributed by atoms with van der Waals surface area (Å²) in [5.41, 5.74) is 4.55. The molecular weight excluding hydrogens is 330 g/mol. The second-order valence-electron chi connectivity index (χ2n) is 5.54. The van der Waals surface area contributed by atoms with Crippen LogP contribution in [0.15, 0.2) is 34.1 Å². The number of benzene rings is 1. The second-order valence-corrected chi connectivity index (χ2v) is 8.09. The predicted octanol–water partition coefficient (Wildman–Crippen LogP) is 5.24. The number of fused-ring (bicyclic) bond motifs is 1. The Hall–Kier alpha value is -0.640. The highest BCUT2D eigenvalue weighted by atomic mass is 79.9. The average molecular weight is 350 g/mol. The zero-order valence-electron chi connectivity index (χ0n) is 11.8. The van der Waals surface area contributed by atoms with Crippen molar-refractivity contribution in [1.82, 2.24) is 5.32 Å². The van der Waals surface area contributed by atoms with Crippen molar-refractivity contribution < 1.29 is 0 Å². The van der Waals surface area contributed by atoms with Crippen molar-refractivity contribution in [2.24, 2.45) is 0 Å². The van der Waals surface area contributed by atoms with E-state index >= 15 is 0 Å². The zero-order chi connectivity index (χ0) is 13.9. The van der Waals surface area contributed by atoms with E-state index in [4.69, 9.17) is 0 Å². The van der Waals surface area contributed by atoms with Crippen LogP contribution in [0.1, 0.15) is 47.4 Å². The largest absolute Gasteiger partial charge is 0.305 e. The lowest BCUT2D eigenvalue weighted by molar-refractivity contribution is 0.576. The van der Waals surface area contributed by atoms with Crippen molar-refractivity contribution in [2.45, 2.75) is 45.2 Å². The number of thiophene rings is 1. The molecule has 20 heavy (non-hydrogen) atoms. The van der Waals surface area contributed by atoms with Crippen molar-refractivity contribution in [3.63, 3.8) is 0 Å². The van der Waals surface area contributed by atoms with E-state index in [1.165, 1.54) is 39.9 Å². The van der Waals surface area contributed by atoms with Gasteiger partial charge in [-0.15, -0.1) is 11.3 Å². The van der Waals surface area contributed by atoms with Crippen LogP contribution in [-0.4, -0.2) is 0 Å². The molecule has 1 unspecified atom stereocenters. The summed E-state index contributed by atoms with van der Waals surface area (Å²) in [6, 6.07) is 11.8. The maximum Gasteiger partial charge on any atom is 0.0701 e. The van der Waals surface area contributed by atoms with Gasteiger partial charge in [-0.05, 0) is 77.4 Å². The summed E-state index contributed by atoms with van der Waals surface area (Å²) in [6.07, 6.45) is 5.23. The molecular formula is C17H20BrNS. The van der Waals surface area contributed by atoms with Crippen LogP contribution in [0.3, 0.4) is 0 Å². The van der Waals surface area contributed by atoms with Gasteiger partial charge in [0.2, 0.25) is 0 Å². The molecule has 0 saturated carbocycles. The Bertz CT molecular complexity index is 590. The molecule has 1 atom stereocenters. The van der Waals surface area contributed by atoms with Gasteiger partial charge in [0.15, 0.2) is 0 Å². The Balaban J connectivity index is 1.66. The van der Waals surface area contributed by atoms with Gasteiger partial charge in [-0.25, -0.2) is 0 Å². The molecule has 1 N–H and O–H groups in total. The Morgan fingerprint density at radius 1 is 1.15 bits per heavy atom. The van der Waals surface area contributed by atoms with Crippen molar-refractivity contribution in [1.29, 1.82) is 0 Å². The SMILES string of the molecule is CC(NCc1ccc(Br)s1)c1ccc2c(c1)CCCC2. The first-order valence-electron chi connectivity index (χ1n) is 7.31. The third-order valence-electron chi connectivity index (χ3n) is 4.08. The second kappa shape index (κ2) is 6.42. The topological polar surface area (TPSA) is 12.0 Å². The smallest absolute Gasteiger partial charge is 0.0701 e. The van der Waals surface area contributed by atoms with Gasteiger partial charge in [0, 0.05) is 17.5 Å². The first-order valence-corrected chi connectivity index (χ1v) is 8.92. The van der Waals surface area contributed by atoms with Crippen molar-refractivity contribution in [2.75, 3.05) is 0 Å². The summed E-state index contributed by atoms with van der Waals surface area (Å²) in [6.45, 7) is 3.20. The molecule has 1 heterocycles. The fourth-order valence-corrected chi connectivity index (χ4v) is 4.28. The molecule has 1 aromatic carbocycles. The van der Waals surface area contributed by atoms with Gasteiger partial charge >= 0.3 is 0 Å². The summed E-state index contributed by atoms with van der Waals surface area (Å²) < 4.78 is 1.20. The summed E-state index contributed by atoms with van der Waals surface area (Å²) >= 11 is 5.32. The molecule has 3 heteroatoms. The predicted molar refractivity (Wildman–Crippen MR) is 90.4 cm³/mol. The molecule has 106 valence electrons. The molecule has 0 saturated heterocycles. The quantitative estimate of drug-likeness (QED) is 0.795. The van der Waals surface area contributed by atoms with Gasteiger partial charge in [0.25, 0.3) is 0 Å². The van der Waals surface area contributed by atoms with E-state index in [1.54, 1.807) is 22.5 Å². The standard InChI is InChI=1S/C17H20BrNS/c1-12(19-11-16-8-9-17(18)20-16)14-7-6-13-4-2-3-5-15(13)10-14/h6-10,12,19H,2-5,11H2,1H3. The maximum atomic E-state index is 3.62. The van der Waals surface area contributed by atoms with E-state index in [1.807, 2.05) is 0 Å². The fourth-order valence-electron chi connectivity index (χ4n) is 2.84. The van der Waals surface area contributed by atoms with Gasteiger partial charge in [-0.1, -0.05) is 18.2 Å². The van der Waals surface area contributed by atoms with E-state index in [0.29, 0.717) is 6.04 Å². The molecule has 0 bridgehead atoms. The Morgan fingerprint density at radius 2 is 1.95 bits per heavy atom. The molecule has 1 nitrogen and oxygen atoms in total. The molecule has 0 fully saturated rings. The van der Waals surface area contributed by atoms with Gasteiger partial charge in [0.1, 0.15) is 0 Å². The van der Waals surface area contributed by atoms with Gasteiger partial charge < -0.3 is 5.32 Å². The van der Waals surface area contributed by atoms with Gasteiger partial charge in [-0.2, -0.15) is 0 Å².